The molecule has 0 saturated heterocycles. The summed E-state index contributed by atoms with van der Waals surface area (Å²) in [6, 6.07) is 9.32. The van der Waals surface area contributed by atoms with E-state index in [1.165, 1.54) is 31.4 Å². The first-order chi connectivity index (χ1) is 11.5. The highest BCUT2D eigenvalue weighted by Gasteiger charge is 2.16. The summed E-state index contributed by atoms with van der Waals surface area (Å²) in [6.45, 7) is 1.89. The molecule has 24 heavy (non-hydrogen) atoms. The fraction of sp³-hybridized carbons (Fsp3) is 0.105. The SMILES string of the molecule is C/C=C/c1ccc(/C(=C\c2ccc(O)c(O)c2)C(=O)O)c(OC)c1. The van der Waals surface area contributed by atoms with Gasteiger partial charge in [0.2, 0.25) is 0 Å². The molecule has 0 spiro atoms. The molecule has 0 unspecified atom stereocenters. The molecule has 0 aliphatic rings. The lowest BCUT2D eigenvalue weighted by atomic mass is 9.99. The van der Waals surface area contributed by atoms with Gasteiger partial charge >= 0.3 is 5.97 Å². The smallest absolute Gasteiger partial charge is 0.336 e. The number of hydrogen-bond donors (Lipinski definition) is 3. The molecule has 0 heterocycles. The summed E-state index contributed by atoms with van der Waals surface area (Å²) in [5.41, 5.74) is 1.78. The Balaban J connectivity index is 2.56. The molecule has 0 bridgehead atoms. The normalized spacial score (nSPS) is 11.7. The number of hydrogen-bond acceptors (Lipinski definition) is 4. The lowest BCUT2D eigenvalue weighted by Crippen LogP contribution is -2.02. The van der Waals surface area contributed by atoms with Gasteiger partial charge < -0.3 is 20.1 Å². The van der Waals surface area contributed by atoms with Gasteiger partial charge in [0.15, 0.2) is 11.5 Å². The number of aliphatic carboxylic acids is 1. The molecule has 0 atom stereocenters. The van der Waals surface area contributed by atoms with E-state index in [0.717, 1.165) is 5.56 Å². The second kappa shape index (κ2) is 7.37. The fourth-order valence-electron chi connectivity index (χ4n) is 2.28. The molecule has 0 fully saturated rings. The number of aromatic hydroxyl groups is 2. The predicted molar refractivity (Wildman–Crippen MR) is 93.0 cm³/mol. The number of benzene rings is 2. The van der Waals surface area contributed by atoms with E-state index < -0.39 is 5.97 Å². The topological polar surface area (TPSA) is 87.0 Å². The molecule has 0 saturated carbocycles. The van der Waals surface area contributed by atoms with Gasteiger partial charge in [0.1, 0.15) is 5.75 Å². The third kappa shape index (κ3) is 3.76. The third-order valence-corrected chi connectivity index (χ3v) is 3.42. The standard InChI is InChI=1S/C19H18O5/c1-3-4-12-5-7-14(18(11-12)24-2)15(19(22)23)9-13-6-8-16(20)17(21)10-13/h3-11,20-21H,1-2H3,(H,22,23)/b4-3+,15-9+. The lowest BCUT2D eigenvalue weighted by molar-refractivity contribution is -0.130. The fourth-order valence-corrected chi connectivity index (χ4v) is 2.28. The van der Waals surface area contributed by atoms with Crippen LogP contribution in [0.3, 0.4) is 0 Å². The Morgan fingerprint density at radius 3 is 2.33 bits per heavy atom. The van der Waals surface area contributed by atoms with Gasteiger partial charge in [-0.15, -0.1) is 0 Å². The number of carboxylic acids is 1. The zero-order valence-corrected chi connectivity index (χ0v) is 13.4. The van der Waals surface area contributed by atoms with Crippen LogP contribution in [0.4, 0.5) is 0 Å². The third-order valence-electron chi connectivity index (χ3n) is 3.42. The maximum absolute atomic E-state index is 11.7. The molecule has 0 amide bonds. The molecule has 2 aromatic rings. The van der Waals surface area contributed by atoms with Crippen molar-refractivity contribution in [3.05, 3.63) is 59.2 Å². The van der Waals surface area contributed by atoms with Gasteiger partial charge in [0, 0.05) is 5.56 Å². The average Bonchev–Trinajstić information content (AvgIpc) is 2.56. The molecule has 0 aliphatic heterocycles. The summed E-state index contributed by atoms with van der Waals surface area (Å²) in [5.74, 6) is -1.27. The molecule has 0 aromatic heterocycles. The van der Waals surface area contributed by atoms with Crippen LogP contribution in [0.5, 0.6) is 17.2 Å². The van der Waals surface area contributed by atoms with Gasteiger partial charge in [-0.3, -0.25) is 0 Å². The average molecular weight is 326 g/mol. The maximum Gasteiger partial charge on any atom is 0.336 e. The first-order valence-electron chi connectivity index (χ1n) is 7.24. The van der Waals surface area contributed by atoms with Gasteiger partial charge in [0.25, 0.3) is 0 Å². The van der Waals surface area contributed by atoms with Crippen LogP contribution in [-0.4, -0.2) is 28.4 Å². The van der Waals surface area contributed by atoms with Crippen molar-refractivity contribution in [2.75, 3.05) is 7.11 Å². The monoisotopic (exact) mass is 326 g/mol. The molecule has 5 heteroatoms. The summed E-state index contributed by atoms with van der Waals surface area (Å²) >= 11 is 0. The van der Waals surface area contributed by atoms with Gasteiger partial charge in [-0.05, 0) is 48.4 Å². The van der Waals surface area contributed by atoms with E-state index in [0.29, 0.717) is 16.9 Å². The minimum atomic E-state index is -1.13. The second-order valence-electron chi connectivity index (χ2n) is 5.07. The first kappa shape index (κ1) is 17.1. The highest BCUT2D eigenvalue weighted by molar-refractivity contribution is 6.21. The van der Waals surface area contributed by atoms with Crippen molar-refractivity contribution >= 4 is 23.7 Å². The van der Waals surface area contributed by atoms with Gasteiger partial charge in [0.05, 0.1) is 12.7 Å². The van der Waals surface area contributed by atoms with E-state index >= 15 is 0 Å². The largest absolute Gasteiger partial charge is 0.504 e. The van der Waals surface area contributed by atoms with Crippen LogP contribution in [0.2, 0.25) is 0 Å². The van der Waals surface area contributed by atoms with E-state index in [1.807, 2.05) is 19.1 Å². The summed E-state index contributed by atoms with van der Waals surface area (Å²) < 4.78 is 5.32. The highest BCUT2D eigenvalue weighted by atomic mass is 16.5. The van der Waals surface area contributed by atoms with E-state index in [1.54, 1.807) is 18.2 Å². The van der Waals surface area contributed by atoms with Crippen LogP contribution < -0.4 is 4.74 Å². The number of methoxy groups -OCH3 is 1. The minimum Gasteiger partial charge on any atom is -0.504 e. The van der Waals surface area contributed by atoms with Crippen molar-refractivity contribution in [3.63, 3.8) is 0 Å². The summed E-state index contributed by atoms with van der Waals surface area (Å²) in [7, 11) is 1.48. The summed E-state index contributed by atoms with van der Waals surface area (Å²) in [6.07, 6.45) is 5.17. The number of phenols is 2. The number of phenolic OH excluding ortho intramolecular Hbond substituents is 2. The first-order valence-corrected chi connectivity index (χ1v) is 7.24. The van der Waals surface area contributed by atoms with E-state index in [-0.39, 0.29) is 17.1 Å². The van der Waals surface area contributed by atoms with Gasteiger partial charge in [-0.1, -0.05) is 24.3 Å². The van der Waals surface area contributed by atoms with Gasteiger partial charge in [-0.25, -0.2) is 4.79 Å². The molecular formula is C19H18O5. The van der Waals surface area contributed by atoms with Crippen molar-refractivity contribution in [2.45, 2.75) is 6.92 Å². The molecule has 3 N–H and O–H groups in total. The predicted octanol–water partition coefficient (Wildman–Crippen LogP) is 3.76. The van der Waals surface area contributed by atoms with Crippen LogP contribution in [0.25, 0.3) is 17.7 Å². The van der Waals surface area contributed by atoms with Crippen molar-refractivity contribution < 1.29 is 24.9 Å². The molecule has 5 nitrogen and oxygen atoms in total. The van der Waals surface area contributed by atoms with Crippen molar-refractivity contribution in [1.29, 1.82) is 0 Å². The van der Waals surface area contributed by atoms with Gasteiger partial charge in [-0.2, -0.15) is 0 Å². The van der Waals surface area contributed by atoms with E-state index in [9.17, 15) is 20.1 Å². The number of ether oxygens (including phenoxy) is 1. The number of carboxylic acid groups (broad SMARTS) is 1. The van der Waals surface area contributed by atoms with Crippen molar-refractivity contribution in [2.24, 2.45) is 0 Å². The van der Waals surface area contributed by atoms with Crippen molar-refractivity contribution in [3.8, 4) is 17.2 Å². The van der Waals surface area contributed by atoms with Crippen LogP contribution in [0.15, 0.2) is 42.5 Å². The van der Waals surface area contributed by atoms with E-state index in [2.05, 4.69) is 0 Å². The van der Waals surface area contributed by atoms with Crippen LogP contribution in [0, 0.1) is 0 Å². The maximum atomic E-state index is 11.7. The Bertz CT molecular complexity index is 819. The Hall–Kier alpha value is -3.21. The molecule has 124 valence electrons. The molecule has 0 radical (unpaired) electrons. The number of allylic oxidation sites excluding steroid dienone is 1. The Labute approximate surface area is 139 Å². The Morgan fingerprint density at radius 1 is 1.04 bits per heavy atom. The highest BCUT2D eigenvalue weighted by Crippen LogP contribution is 2.31. The Kier molecular flexibility index (Phi) is 5.27. The zero-order chi connectivity index (χ0) is 17.7. The van der Waals surface area contributed by atoms with Crippen LogP contribution >= 0.6 is 0 Å². The van der Waals surface area contributed by atoms with Crippen LogP contribution in [-0.2, 0) is 4.79 Å². The van der Waals surface area contributed by atoms with Crippen molar-refractivity contribution in [1.82, 2.24) is 0 Å². The Morgan fingerprint density at radius 2 is 1.75 bits per heavy atom. The van der Waals surface area contributed by atoms with Crippen LogP contribution in [0.1, 0.15) is 23.6 Å². The molecular weight excluding hydrogens is 308 g/mol. The molecule has 2 aromatic carbocycles. The quantitative estimate of drug-likeness (QED) is 0.442. The number of carbonyl (C=O) groups is 1. The lowest BCUT2D eigenvalue weighted by Gasteiger charge is -2.11. The second-order valence-corrected chi connectivity index (χ2v) is 5.07. The molecule has 0 aliphatic carbocycles. The number of rotatable bonds is 5. The zero-order valence-electron chi connectivity index (χ0n) is 13.4. The van der Waals surface area contributed by atoms with E-state index in [4.69, 9.17) is 4.74 Å². The molecule has 2 rings (SSSR count). The summed E-state index contributed by atoms with van der Waals surface area (Å²) in [4.78, 5) is 11.7. The minimum absolute atomic E-state index is 0.0176. The summed E-state index contributed by atoms with van der Waals surface area (Å²) in [5, 5.41) is 28.5.